The van der Waals surface area contributed by atoms with Gasteiger partial charge in [0.25, 0.3) is 0 Å². The van der Waals surface area contributed by atoms with Gasteiger partial charge < -0.3 is 31.1 Å². The first-order chi connectivity index (χ1) is 22.0. The number of hydrogen-bond acceptors (Lipinski definition) is 6. The van der Waals surface area contributed by atoms with Crippen molar-refractivity contribution in [1.82, 2.24) is 10.2 Å². The molecule has 1 rings (SSSR count). The molecule has 1 saturated heterocycles. The topological polar surface area (TPSA) is 128 Å². The molecule has 0 spiro atoms. The molecule has 8 nitrogen and oxygen atoms in total. The van der Waals surface area contributed by atoms with Crippen molar-refractivity contribution < 1.29 is 24.9 Å². The number of urea groups is 1. The number of ether oxygens (including phenoxy) is 1. The minimum Gasteiger partial charge on any atom is -0.394 e. The Labute approximate surface area is 277 Å². The second-order valence-electron chi connectivity index (χ2n) is 13.7. The highest BCUT2D eigenvalue weighted by atomic mass is 16.5. The highest BCUT2D eigenvalue weighted by Gasteiger charge is 2.45. The van der Waals surface area contributed by atoms with E-state index < -0.39 is 37.2 Å². The summed E-state index contributed by atoms with van der Waals surface area (Å²) in [5.74, 6) is 0. The molecule has 1 aliphatic heterocycles. The standard InChI is InChI=1S/C37H75N3O5/c1-3-5-7-9-11-13-15-16-17-18-19-20-22-24-26-28-30-40(36-33(38)35(43)34(42)32(31-41)45-36)37(44)39-29-27-25-23-21-14-12-10-8-6-4-2/h32-36,41-43H,3-31,38H2,1-2H3,(H,39,44)/t32-,33+,34+,35-,36-/m1/s1. The SMILES string of the molecule is CCCCCCCCCCCCCCCCCCN(C(=O)NCCCCCCCCCCCC)[C@@H]1O[C@H](CO)[C@H](O)[C@H](O)[C@@H]1N. The third-order valence-electron chi connectivity index (χ3n) is 9.58. The zero-order valence-corrected chi connectivity index (χ0v) is 29.6. The number of nitrogens with two attached hydrogens (primary N) is 1. The van der Waals surface area contributed by atoms with Gasteiger partial charge in [-0.15, -0.1) is 0 Å². The maximum atomic E-state index is 13.3. The van der Waals surface area contributed by atoms with Gasteiger partial charge in [0.05, 0.1) is 12.6 Å². The third-order valence-corrected chi connectivity index (χ3v) is 9.58. The summed E-state index contributed by atoms with van der Waals surface area (Å²) in [7, 11) is 0. The number of carbonyl (C=O) groups excluding carboxylic acids is 1. The van der Waals surface area contributed by atoms with Crippen molar-refractivity contribution in [2.75, 3.05) is 19.7 Å². The molecule has 0 aromatic carbocycles. The molecule has 1 fully saturated rings. The van der Waals surface area contributed by atoms with Gasteiger partial charge in [-0.05, 0) is 12.8 Å². The molecule has 0 unspecified atom stereocenters. The van der Waals surface area contributed by atoms with Crippen LogP contribution >= 0.6 is 0 Å². The molecule has 268 valence electrons. The van der Waals surface area contributed by atoms with Crippen LogP contribution in [0.5, 0.6) is 0 Å². The van der Waals surface area contributed by atoms with Crippen LogP contribution in [0.25, 0.3) is 0 Å². The fourth-order valence-electron chi connectivity index (χ4n) is 6.48. The van der Waals surface area contributed by atoms with E-state index in [0.29, 0.717) is 13.1 Å². The van der Waals surface area contributed by atoms with Gasteiger partial charge in [-0.2, -0.15) is 0 Å². The summed E-state index contributed by atoms with van der Waals surface area (Å²) >= 11 is 0. The van der Waals surface area contributed by atoms with Gasteiger partial charge in [0.1, 0.15) is 18.3 Å². The Morgan fingerprint density at radius 2 is 1.00 bits per heavy atom. The highest BCUT2D eigenvalue weighted by Crippen LogP contribution is 2.23. The lowest BCUT2D eigenvalue weighted by Gasteiger charge is -2.45. The van der Waals surface area contributed by atoms with Gasteiger partial charge in [-0.25, -0.2) is 4.79 Å². The molecule has 2 amide bonds. The minimum absolute atomic E-state index is 0.257. The van der Waals surface area contributed by atoms with Crippen LogP contribution in [0.1, 0.15) is 181 Å². The summed E-state index contributed by atoms with van der Waals surface area (Å²) in [5.41, 5.74) is 6.25. The van der Waals surface area contributed by atoms with Gasteiger partial charge in [0.2, 0.25) is 0 Å². The predicted molar refractivity (Wildman–Crippen MR) is 187 cm³/mol. The second kappa shape index (κ2) is 29.2. The molecule has 45 heavy (non-hydrogen) atoms. The maximum Gasteiger partial charge on any atom is 0.319 e. The number of amides is 2. The zero-order chi connectivity index (χ0) is 33.0. The minimum atomic E-state index is -1.28. The number of nitrogens with zero attached hydrogens (tertiary/aromatic N) is 1. The number of nitrogens with one attached hydrogen (secondary N) is 1. The van der Waals surface area contributed by atoms with Crippen molar-refractivity contribution >= 4 is 6.03 Å². The van der Waals surface area contributed by atoms with Crippen LogP contribution in [0.2, 0.25) is 0 Å². The number of rotatable bonds is 30. The van der Waals surface area contributed by atoms with E-state index in [9.17, 15) is 20.1 Å². The van der Waals surface area contributed by atoms with E-state index in [0.717, 1.165) is 32.1 Å². The van der Waals surface area contributed by atoms with E-state index >= 15 is 0 Å². The first kappa shape index (κ1) is 42.1. The highest BCUT2D eigenvalue weighted by molar-refractivity contribution is 5.74. The lowest BCUT2D eigenvalue weighted by molar-refractivity contribution is -0.218. The molecule has 0 bridgehead atoms. The van der Waals surface area contributed by atoms with Crippen molar-refractivity contribution in [3.05, 3.63) is 0 Å². The Kier molecular flexibility index (Phi) is 27.3. The Morgan fingerprint density at radius 1 is 0.622 bits per heavy atom. The van der Waals surface area contributed by atoms with Crippen molar-refractivity contribution in [1.29, 1.82) is 0 Å². The van der Waals surface area contributed by atoms with Crippen molar-refractivity contribution in [3.63, 3.8) is 0 Å². The predicted octanol–water partition coefficient (Wildman–Crippen LogP) is 7.95. The lowest BCUT2D eigenvalue weighted by Crippen LogP contribution is -2.67. The number of hydrogen-bond donors (Lipinski definition) is 5. The largest absolute Gasteiger partial charge is 0.394 e. The van der Waals surface area contributed by atoms with Gasteiger partial charge >= 0.3 is 6.03 Å². The molecular weight excluding hydrogens is 566 g/mol. The summed E-state index contributed by atoms with van der Waals surface area (Å²) in [4.78, 5) is 14.9. The monoisotopic (exact) mass is 642 g/mol. The Hall–Kier alpha value is -0.930. The molecule has 0 aromatic rings. The molecule has 0 aromatic heterocycles. The summed E-state index contributed by atoms with van der Waals surface area (Å²) < 4.78 is 5.88. The van der Waals surface area contributed by atoms with Gasteiger partial charge in [-0.1, -0.05) is 168 Å². The van der Waals surface area contributed by atoms with Crippen molar-refractivity contribution in [2.45, 2.75) is 211 Å². The summed E-state index contributed by atoms with van der Waals surface area (Å²) in [5, 5.41) is 33.5. The average molecular weight is 642 g/mol. The molecule has 1 heterocycles. The summed E-state index contributed by atoms with van der Waals surface area (Å²) in [6.07, 6.45) is 28.4. The van der Waals surface area contributed by atoms with Crippen LogP contribution in [0, 0.1) is 0 Å². The van der Waals surface area contributed by atoms with E-state index in [-0.39, 0.29) is 6.03 Å². The first-order valence-corrected chi connectivity index (χ1v) is 19.4. The number of aliphatic hydroxyl groups excluding tert-OH is 3. The van der Waals surface area contributed by atoms with Crippen LogP contribution in [0.3, 0.4) is 0 Å². The number of aliphatic hydroxyl groups is 3. The molecule has 1 aliphatic rings. The van der Waals surface area contributed by atoms with Gasteiger partial charge in [0.15, 0.2) is 6.23 Å². The van der Waals surface area contributed by atoms with Gasteiger partial charge in [-0.3, -0.25) is 4.90 Å². The maximum absolute atomic E-state index is 13.3. The van der Waals surface area contributed by atoms with Crippen molar-refractivity contribution in [2.24, 2.45) is 5.73 Å². The van der Waals surface area contributed by atoms with Crippen LogP contribution in [0.4, 0.5) is 4.79 Å². The number of carbonyl (C=O) groups is 1. The molecule has 0 radical (unpaired) electrons. The first-order valence-electron chi connectivity index (χ1n) is 19.4. The van der Waals surface area contributed by atoms with E-state index in [4.69, 9.17) is 10.5 Å². The van der Waals surface area contributed by atoms with E-state index in [1.807, 2.05) is 0 Å². The summed E-state index contributed by atoms with van der Waals surface area (Å²) in [6, 6.07) is -1.21. The Balaban J connectivity index is 2.32. The van der Waals surface area contributed by atoms with Crippen LogP contribution in [-0.4, -0.2) is 76.5 Å². The second-order valence-corrected chi connectivity index (χ2v) is 13.7. The molecule has 5 atom stereocenters. The fraction of sp³-hybridized carbons (Fsp3) is 0.973. The smallest absolute Gasteiger partial charge is 0.319 e. The third kappa shape index (κ3) is 20.1. The molecule has 0 aliphatic carbocycles. The molecule has 8 heteroatoms. The average Bonchev–Trinajstić information content (AvgIpc) is 3.04. The van der Waals surface area contributed by atoms with Gasteiger partial charge in [0, 0.05) is 13.1 Å². The normalized spacial score (nSPS) is 21.7. The van der Waals surface area contributed by atoms with E-state index in [1.165, 1.54) is 135 Å². The Morgan fingerprint density at radius 3 is 1.40 bits per heavy atom. The van der Waals surface area contributed by atoms with Crippen LogP contribution in [0.15, 0.2) is 0 Å². The zero-order valence-electron chi connectivity index (χ0n) is 29.6. The lowest BCUT2D eigenvalue weighted by atomic mass is 9.96. The quantitative estimate of drug-likeness (QED) is 0.0507. The molecule has 6 N–H and O–H groups in total. The van der Waals surface area contributed by atoms with Crippen molar-refractivity contribution in [3.8, 4) is 0 Å². The Bertz CT molecular complexity index is 668. The fourth-order valence-corrected chi connectivity index (χ4v) is 6.48. The van der Waals surface area contributed by atoms with E-state index in [1.54, 1.807) is 4.90 Å². The van der Waals surface area contributed by atoms with Crippen LogP contribution in [-0.2, 0) is 4.74 Å². The van der Waals surface area contributed by atoms with E-state index in [2.05, 4.69) is 19.2 Å². The molecule has 0 saturated carbocycles. The number of unbranched alkanes of at least 4 members (excludes halogenated alkanes) is 24. The molecular formula is C37H75N3O5. The summed E-state index contributed by atoms with van der Waals surface area (Å²) in [6.45, 7) is 5.11. The van der Waals surface area contributed by atoms with Crippen LogP contribution < -0.4 is 11.1 Å².